The van der Waals surface area contributed by atoms with Gasteiger partial charge in [-0.1, -0.05) is 6.92 Å². The average Bonchev–Trinajstić information content (AvgIpc) is 2.14. The summed E-state index contributed by atoms with van der Waals surface area (Å²) in [4.78, 5) is 10.5. The van der Waals surface area contributed by atoms with Gasteiger partial charge in [0.05, 0.1) is 12.2 Å². The summed E-state index contributed by atoms with van der Waals surface area (Å²) in [6.45, 7) is 2.42. The maximum atomic E-state index is 13.1. The van der Waals surface area contributed by atoms with Crippen molar-refractivity contribution in [1.29, 1.82) is 0 Å². The third kappa shape index (κ3) is 2.45. The van der Waals surface area contributed by atoms with Crippen LogP contribution in [0.1, 0.15) is 23.7 Å². The number of hydrogen-bond acceptors (Lipinski definition) is 2. The molecule has 1 N–H and O–H groups in total. The molecule has 0 aliphatic rings. The molecule has 0 spiro atoms. The zero-order valence-corrected chi connectivity index (χ0v) is 7.79. The van der Waals surface area contributed by atoms with Crippen LogP contribution in [0.5, 0.6) is 5.75 Å². The van der Waals surface area contributed by atoms with E-state index < -0.39 is 11.8 Å². The summed E-state index contributed by atoms with van der Waals surface area (Å²) in [5.74, 6) is -1.69. The molecule has 0 aliphatic heterocycles. The summed E-state index contributed by atoms with van der Waals surface area (Å²) in [5.41, 5.74) is -0.339. The smallest absolute Gasteiger partial charge is 0.338 e. The first kappa shape index (κ1) is 10.5. The summed E-state index contributed by atoms with van der Waals surface area (Å²) < 4.78 is 18.2. The SMILES string of the molecule is CCCOc1ccc(C(=O)O)c(F)c1. The molecular weight excluding hydrogens is 187 g/mol. The van der Waals surface area contributed by atoms with Crippen molar-refractivity contribution in [2.24, 2.45) is 0 Å². The van der Waals surface area contributed by atoms with Crippen molar-refractivity contribution in [2.45, 2.75) is 13.3 Å². The average molecular weight is 198 g/mol. The standard InChI is InChI=1S/C10H11FO3/c1-2-5-14-7-3-4-8(10(12)13)9(11)6-7/h3-4,6H,2,5H2,1H3,(H,12,13). The summed E-state index contributed by atoms with van der Waals surface area (Å²) >= 11 is 0. The molecule has 1 aromatic rings. The highest BCUT2D eigenvalue weighted by atomic mass is 19.1. The van der Waals surface area contributed by atoms with E-state index in [-0.39, 0.29) is 5.56 Å². The second-order valence-corrected chi connectivity index (χ2v) is 2.80. The number of ether oxygens (including phenoxy) is 1. The molecule has 0 atom stereocenters. The second-order valence-electron chi connectivity index (χ2n) is 2.80. The van der Waals surface area contributed by atoms with Gasteiger partial charge in [-0.25, -0.2) is 9.18 Å². The Morgan fingerprint density at radius 1 is 1.57 bits per heavy atom. The van der Waals surface area contributed by atoms with Crippen LogP contribution in [0.15, 0.2) is 18.2 Å². The molecule has 4 heteroatoms. The summed E-state index contributed by atoms with van der Waals surface area (Å²) in [6.07, 6.45) is 0.822. The lowest BCUT2D eigenvalue weighted by Gasteiger charge is -2.05. The van der Waals surface area contributed by atoms with Gasteiger partial charge in [0, 0.05) is 6.07 Å². The normalized spacial score (nSPS) is 9.86. The molecule has 1 rings (SSSR count). The van der Waals surface area contributed by atoms with E-state index in [2.05, 4.69) is 0 Å². The topological polar surface area (TPSA) is 46.5 Å². The first-order valence-corrected chi connectivity index (χ1v) is 4.30. The van der Waals surface area contributed by atoms with Crippen LogP contribution in [0.4, 0.5) is 4.39 Å². The minimum absolute atomic E-state index is 0.339. The van der Waals surface area contributed by atoms with Crippen LogP contribution in [0.3, 0.4) is 0 Å². The molecule has 0 unspecified atom stereocenters. The van der Waals surface area contributed by atoms with Crippen molar-refractivity contribution in [3.8, 4) is 5.75 Å². The molecule has 0 amide bonds. The van der Waals surface area contributed by atoms with Gasteiger partial charge >= 0.3 is 5.97 Å². The molecule has 0 saturated carbocycles. The molecule has 0 aromatic heterocycles. The Morgan fingerprint density at radius 3 is 2.79 bits per heavy atom. The van der Waals surface area contributed by atoms with Crippen molar-refractivity contribution in [1.82, 2.24) is 0 Å². The minimum atomic E-state index is -1.27. The zero-order chi connectivity index (χ0) is 10.6. The molecular formula is C10H11FO3. The molecule has 14 heavy (non-hydrogen) atoms. The third-order valence-electron chi connectivity index (χ3n) is 1.64. The molecule has 0 heterocycles. The van der Waals surface area contributed by atoms with Gasteiger partial charge in [-0.3, -0.25) is 0 Å². The number of carboxylic acids is 1. The van der Waals surface area contributed by atoms with E-state index in [1.807, 2.05) is 6.92 Å². The van der Waals surface area contributed by atoms with E-state index >= 15 is 0 Å². The fraction of sp³-hybridized carbons (Fsp3) is 0.300. The van der Waals surface area contributed by atoms with Crippen LogP contribution in [0.2, 0.25) is 0 Å². The van der Waals surface area contributed by atoms with Crippen molar-refractivity contribution >= 4 is 5.97 Å². The summed E-state index contributed by atoms with van der Waals surface area (Å²) in [5, 5.41) is 8.55. The Kier molecular flexibility index (Phi) is 3.45. The van der Waals surface area contributed by atoms with Crippen molar-refractivity contribution in [3.63, 3.8) is 0 Å². The van der Waals surface area contributed by atoms with E-state index in [1.54, 1.807) is 0 Å². The number of aromatic carboxylic acids is 1. The van der Waals surface area contributed by atoms with Crippen LogP contribution in [-0.4, -0.2) is 17.7 Å². The minimum Gasteiger partial charge on any atom is -0.494 e. The van der Waals surface area contributed by atoms with E-state index in [1.165, 1.54) is 12.1 Å². The van der Waals surface area contributed by atoms with E-state index in [0.717, 1.165) is 12.5 Å². The van der Waals surface area contributed by atoms with Crippen molar-refractivity contribution in [2.75, 3.05) is 6.61 Å². The first-order chi connectivity index (χ1) is 6.65. The van der Waals surface area contributed by atoms with Crippen molar-refractivity contribution < 1.29 is 19.0 Å². The van der Waals surface area contributed by atoms with Gasteiger partial charge in [0.15, 0.2) is 0 Å². The highest BCUT2D eigenvalue weighted by molar-refractivity contribution is 5.88. The predicted molar refractivity (Wildman–Crippen MR) is 49.1 cm³/mol. The lowest BCUT2D eigenvalue weighted by molar-refractivity contribution is 0.0692. The van der Waals surface area contributed by atoms with Gasteiger partial charge in [0.2, 0.25) is 0 Å². The Labute approximate surface area is 81.1 Å². The largest absolute Gasteiger partial charge is 0.494 e. The number of benzene rings is 1. The van der Waals surface area contributed by atoms with Gasteiger partial charge in [0.25, 0.3) is 0 Å². The van der Waals surface area contributed by atoms with E-state index in [0.29, 0.717) is 12.4 Å². The van der Waals surface area contributed by atoms with Gasteiger partial charge in [-0.2, -0.15) is 0 Å². The number of rotatable bonds is 4. The Morgan fingerprint density at radius 2 is 2.29 bits per heavy atom. The molecule has 0 radical (unpaired) electrons. The van der Waals surface area contributed by atoms with Crippen LogP contribution in [-0.2, 0) is 0 Å². The lowest BCUT2D eigenvalue weighted by atomic mass is 10.2. The molecule has 0 saturated heterocycles. The van der Waals surface area contributed by atoms with Crippen LogP contribution >= 0.6 is 0 Å². The highest BCUT2D eigenvalue weighted by Crippen LogP contribution is 2.16. The Bertz CT molecular complexity index is 336. The van der Waals surface area contributed by atoms with Crippen molar-refractivity contribution in [3.05, 3.63) is 29.6 Å². The zero-order valence-electron chi connectivity index (χ0n) is 7.79. The molecule has 76 valence electrons. The fourth-order valence-corrected chi connectivity index (χ4v) is 0.979. The van der Waals surface area contributed by atoms with Crippen LogP contribution in [0.25, 0.3) is 0 Å². The molecule has 0 fully saturated rings. The van der Waals surface area contributed by atoms with Gasteiger partial charge in [-0.05, 0) is 18.6 Å². The van der Waals surface area contributed by atoms with E-state index in [9.17, 15) is 9.18 Å². The first-order valence-electron chi connectivity index (χ1n) is 4.30. The van der Waals surface area contributed by atoms with Gasteiger partial charge < -0.3 is 9.84 Å². The van der Waals surface area contributed by atoms with Gasteiger partial charge in [-0.15, -0.1) is 0 Å². The maximum absolute atomic E-state index is 13.1. The number of hydrogen-bond donors (Lipinski definition) is 1. The fourth-order valence-electron chi connectivity index (χ4n) is 0.979. The van der Waals surface area contributed by atoms with Gasteiger partial charge in [0.1, 0.15) is 11.6 Å². The molecule has 0 aliphatic carbocycles. The molecule has 3 nitrogen and oxygen atoms in total. The maximum Gasteiger partial charge on any atom is 0.338 e. The molecule has 1 aromatic carbocycles. The monoisotopic (exact) mass is 198 g/mol. The highest BCUT2D eigenvalue weighted by Gasteiger charge is 2.10. The summed E-state index contributed by atoms with van der Waals surface area (Å²) in [7, 11) is 0. The number of halogens is 1. The Hall–Kier alpha value is -1.58. The van der Waals surface area contributed by atoms with Crippen LogP contribution < -0.4 is 4.74 Å². The second kappa shape index (κ2) is 4.60. The van der Waals surface area contributed by atoms with E-state index in [4.69, 9.17) is 9.84 Å². The number of carboxylic acid groups (broad SMARTS) is 1. The quantitative estimate of drug-likeness (QED) is 0.807. The Balaban J connectivity index is 2.83. The number of carbonyl (C=O) groups is 1. The predicted octanol–water partition coefficient (Wildman–Crippen LogP) is 2.31. The summed E-state index contributed by atoms with van der Waals surface area (Å²) in [6, 6.07) is 3.73. The third-order valence-corrected chi connectivity index (χ3v) is 1.64. The van der Waals surface area contributed by atoms with Crippen LogP contribution in [0, 0.1) is 5.82 Å². The molecule has 0 bridgehead atoms. The lowest BCUT2D eigenvalue weighted by Crippen LogP contribution is -2.01.